The van der Waals surface area contributed by atoms with Crippen molar-refractivity contribution in [1.29, 1.82) is 0 Å². The van der Waals surface area contributed by atoms with Crippen LogP contribution in [0.25, 0.3) is 0 Å². The number of fused-ring (bicyclic) bond motifs is 1. The van der Waals surface area contributed by atoms with Gasteiger partial charge in [-0.2, -0.15) is 5.10 Å². The molecule has 2 aromatic rings. The molecule has 3 rings (SSSR count). The van der Waals surface area contributed by atoms with Gasteiger partial charge in [0.2, 0.25) is 0 Å². The van der Waals surface area contributed by atoms with Gasteiger partial charge in [0.05, 0.1) is 5.69 Å². The lowest BCUT2D eigenvalue weighted by molar-refractivity contribution is 0.0941. The highest BCUT2D eigenvalue weighted by Crippen LogP contribution is 2.17. The molecule has 1 aliphatic rings. The number of hydrogen-bond acceptors (Lipinski definition) is 3. The first-order valence-corrected chi connectivity index (χ1v) is 7.68. The van der Waals surface area contributed by atoms with Gasteiger partial charge in [0, 0.05) is 26.7 Å². The number of amides is 1. The molecule has 5 nitrogen and oxygen atoms in total. The summed E-state index contributed by atoms with van der Waals surface area (Å²) < 4.78 is 1.65. The van der Waals surface area contributed by atoms with Crippen LogP contribution in [0.1, 0.15) is 52.6 Å². The van der Waals surface area contributed by atoms with Crippen molar-refractivity contribution in [2.75, 3.05) is 0 Å². The summed E-state index contributed by atoms with van der Waals surface area (Å²) in [5.74, 6) is 0.234. The smallest absolute Gasteiger partial charge is 0.269 e. The van der Waals surface area contributed by atoms with Gasteiger partial charge in [-0.1, -0.05) is 32.0 Å². The van der Waals surface area contributed by atoms with Gasteiger partial charge < -0.3 is 10.6 Å². The van der Waals surface area contributed by atoms with Crippen LogP contribution < -0.4 is 10.6 Å². The predicted octanol–water partition coefficient (Wildman–Crippen LogP) is 2.08. The molecule has 1 aromatic heterocycles. The molecular formula is C17H22N4O. The molecule has 0 radical (unpaired) electrons. The quantitative estimate of drug-likeness (QED) is 0.908. The van der Waals surface area contributed by atoms with E-state index in [4.69, 9.17) is 0 Å². The van der Waals surface area contributed by atoms with Crippen molar-refractivity contribution < 1.29 is 4.79 Å². The molecule has 0 saturated heterocycles. The summed E-state index contributed by atoms with van der Waals surface area (Å²) in [6, 6.07) is 8.25. The van der Waals surface area contributed by atoms with E-state index in [1.807, 2.05) is 13.1 Å². The van der Waals surface area contributed by atoms with Crippen molar-refractivity contribution in [2.45, 2.75) is 39.4 Å². The zero-order valence-corrected chi connectivity index (χ0v) is 13.3. The number of aryl methyl sites for hydroxylation is 1. The Morgan fingerprint density at radius 2 is 2.09 bits per heavy atom. The van der Waals surface area contributed by atoms with Crippen LogP contribution >= 0.6 is 0 Å². The van der Waals surface area contributed by atoms with E-state index in [1.54, 1.807) is 4.68 Å². The third-order valence-corrected chi connectivity index (χ3v) is 4.08. The van der Waals surface area contributed by atoms with Crippen LogP contribution in [0, 0.1) is 0 Å². The molecule has 1 aromatic carbocycles. The molecule has 0 fully saturated rings. The molecule has 0 bridgehead atoms. The zero-order chi connectivity index (χ0) is 15.7. The summed E-state index contributed by atoms with van der Waals surface area (Å²) >= 11 is 0. The third-order valence-electron chi connectivity index (χ3n) is 4.08. The lowest BCUT2D eigenvalue weighted by Gasteiger charge is -2.07. The summed E-state index contributed by atoms with van der Waals surface area (Å²) in [6.07, 6.45) is 0. The van der Waals surface area contributed by atoms with Crippen molar-refractivity contribution in [3.63, 3.8) is 0 Å². The fraction of sp³-hybridized carbons (Fsp3) is 0.412. The van der Waals surface area contributed by atoms with Gasteiger partial charge in [0.25, 0.3) is 5.91 Å². The number of aromatic nitrogens is 2. The summed E-state index contributed by atoms with van der Waals surface area (Å²) in [7, 11) is 1.81. The highest BCUT2D eigenvalue weighted by molar-refractivity contribution is 5.92. The number of carbonyl (C=O) groups is 1. The minimum atomic E-state index is -0.0828. The van der Waals surface area contributed by atoms with Gasteiger partial charge in [-0.3, -0.25) is 9.48 Å². The molecule has 0 aliphatic carbocycles. The Bertz CT molecular complexity index is 703. The lowest BCUT2D eigenvalue weighted by Crippen LogP contribution is -2.25. The second kappa shape index (κ2) is 5.93. The van der Waals surface area contributed by atoms with Crippen molar-refractivity contribution in [1.82, 2.24) is 20.4 Å². The van der Waals surface area contributed by atoms with Crippen LogP contribution in [0.3, 0.4) is 0 Å². The maximum atomic E-state index is 12.3. The van der Waals surface area contributed by atoms with Crippen LogP contribution in [0.5, 0.6) is 0 Å². The average molecular weight is 298 g/mol. The van der Waals surface area contributed by atoms with Gasteiger partial charge in [-0.15, -0.1) is 0 Å². The summed E-state index contributed by atoms with van der Waals surface area (Å²) in [6.45, 7) is 6.53. The molecule has 0 saturated carbocycles. The summed E-state index contributed by atoms with van der Waals surface area (Å²) in [5, 5.41) is 10.7. The first-order valence-electron chi connectivity index (χ1n) is 7.68. The molecule has 1 aliphatic heterocycles. The normalized spacial score (nSPS) is 13.5. The fourth-order valence-corrected chi connectivity index (χ4v) is 2.72. The fourth-order valence-electron chi connectivity index (χ4n) is 2.72. The molecule has 5 heteroatoms. The number of carbonyl (C=O) groups excluding carboxylic acids is 1. The Morgan fingerprint density at radius 3 is 2.82 bits per heavy atom. The molecule has 2 heterocycles. The Kier molecular flexibility index (Phi) is 3.98. The Labute approximate surface area is 130 Å². The highest BCUT2D eigenvalue weighted by atomic mass is 16.2. The molecule has 2 N–H and O–H groups in total. The molecule has 116 valence electrons. The van der Waals surface area contributed by atoms with E-state index in [0.717, 1.165) is 24.3 Å². The third kappa shape index (κ3) is 2.90. The van der Waals surface area contributed by atoms with Crippen LogP contribution in [-0.2, 0) is 26.7 Å². The molecule has 0 spiro atoms. The van der Waals surface area contributed by atoms with Gasteiger partial charge in [-0.05, 0) is 28.7 Å². The highest BCUT2D eigenvalue weighted by Gasteiger charge is 2.15. The maximum Gasteiger partial charge on any atom is 0.269 e. The predicted molar refractivity (Wildman–Crippen MR) is 85.5 cm³/mol. The van der Waals surface area contributed by atoms with Gasteiger partial charge in [-0.25, -0.2) is 0 Å². The molecule has 1 amide bonds. The monoisotopic (exact) mass is 298 g/mol. The van der Waals surface area contributed by atoms with Gasteiger partial charge in [0.15, 0.2) is 0 Å². The van der Waals surface area contributed by atoms with Gasteiger partial charge >= 0.3 is 0 Å². The first-order chi connectivity index (χ1) is 10.5. The van der Waals surface area contributed by atoms with Crippen LogP contribution in [0.15, 0.2) is 24.3 Å². The number of rotatable bonds is 4. The minimum Gasteiger partial charge on any atom is -0.347 e. The Hall–Kier alpha value is -2.14. The number of nitrogens with one attached hydrogen (secondary N) is 2. The molecule has 0 atom stereocenters. The van der Waals surface area contributed by atoms with Crippen molar-refractivity contribution in [2.24, 2.45) is 7.05 Å². The standard InChI is InChI=1S/C17H22N4O/c1-11(2)15-7-16(21(3)20-15)17(22)19-8-12-4-5-13-9-18-10-14(13)6-12/h4-7,11,18H,8-10H2,1-3H3,(H,19,22). The lowest BCUT2D eigenvalue weighted by atomic mass is 10.1. The molecule has 0 unspecified atom stereocenters. The van der Waals surface area contributed by atoms with E-state index >= 15 is 0 Å². The maximum absolute atomic E-state index is 12.3. The largest absolute Gasteiger partial charge is 0.347 e. The molecular weight excluding hydrogens is 276 g/mol. The van der Waals surface area contributed by atoms with E-state index < -0.39 is 0 Å². The van der Waals surface area contributed by atoms with Crippen LogP contribution in [0.2, 0.25) is 0 Å². The number of hydrogen-bond donors (Lipinski definition) is 2. The van der Waals surface area contributed by atoms with Crippen molar-refractivity contribution in [3.8, 4) is 0 Å². The van der Waals surface area contributed by atoms with E-state index in [2.05, 4.69) is 47.8 Å². The van der Waals surface area contributed by atoms with Crippen molar-refractivity contribution >= 4 is 5.91 Å². The minimum absolute atomic E-state index is 0.0828. The Morgan fingerprint density at radius 1 is 1.32 bits per heavy atom. The number of nitrogens with zero attached hydrogens (tertiary/aromatic N) is 2. The second-order valence-electron chi connectivity index (χ2n) is 6.12. The topological polar surface area (TPSA) is 59.0 Å². The van der Waals surface area contributed by atoms with Crippen LogP contribution in [-0.4, -0.2) is 15.7 Å². The second-order valence-corrected chi connectivity index (χ2v) is 6.12. The average Bonchev–Trinajstić information content (AvgIpc) is 3.10. The Balaban J connectivity index is 1.67. The van der Waals surface area contributed by atoms with Crippen molar-refractivity contribution in [3.05, 3.63) is 52.3 Å². The first kappa shape index (κ1) is 14.8. The zero-order valence-electron chi connectivity index (χ0n) is 13.3. The van der Waals surface area contributed by atoms with E-state index in [1.165, 1.54) is 11.1 Å². The van der Waals surface area contributed by atoms with Crippen LogP contribution in [0.4, 0.5) is 0 Å². The SMILES string of the molecule is CC(C)c1cc(C(=O)NCc2ccc3c(c2)CNC3)n(C)n1. The summed E-state index contributed by atoms with van der Waals surface area (Å²) in [5.41, 5.74) is 5.35. The molecule has 22 heavy (non-hydrogen) atoms. The summed E-state index contributed by atoms with van der Waals surface area (Å²) in [4.78, 5) is 12.3. The van der Waals surface area contributed by atoms with E-state index in [-0.39, 0.29) is 5.91 Å². The van der Waals surface area contributed by atoms with E-state index in [9.17, 15) is 4.79 Å². The van der Waals surface area contributed by atoms with Gasteiger partial charge in [0.1, 0.15) is 5.69 Å². The van der Waals surface area contributed by atoms with E-state index in [0.29, 0.717) is 18.2 Å². The number of benzene rings is 1.